The maximum atomic E-state index is 5.80. The van der Waals surface area contributed by atoms with Crippen LogP contribution < -0.4 is 10.6 Å². The van der Waals surface area contributed by atoms with E-state index in [9.17, 15) is 0 Å². The number of hydrogen-bond acceptors (Lipinski definition) is 3. The topological polar surface area (TPSA) is 63.5 Å². The van der Waals surface area contributed by atoms with Crippen LogP contribution in [-0.4, -0.2) is 41.3 Å². The molecule has 0 aliphatic carbocycles. The van der Waals surface area contributed by atoms with Crippen molar-refractivity contribution in [2.24, 2.45) is 16.8 Å². The number of hydrogen-bond donors (Lipinski definition) is 2. The van der Waals surface area contributed by atoms with Crippen molar-refractivity contribution >= 4 is 29.9 Å². The number of aromatic nitrogens is 2. The number of aliphatic imine (C=N–C) groups is 1. The molecular formula is C19H38IN5O. The van der Waals surface area contributed by atoms with Crippen molar-refractivity contribution in [2.75, 3.05) is 19.7 Å². The first kappa shape index (κ1) is 25.2. The number of guanidine groups is 1. The van der Waals surface area contributed by atoms with E-state index >= 15 is 0 Å². The standard InChI is InChI=1S/C19H37N5O.HI/c1-7-20-19(22-10-9-17(16(5)6)25-8-2)23-13-18-21-11-12-24(18)14-15(3)4;/h11-12,15-17H,7-10,13-14H2,1-6H3,(H2,20,22,23);1H. The van der Waals surface area contributed by atoms with Gasteiger partial charge in [0.2, 0.25) is 0 Å². The SMILES string of the molecule is CCNC(=NCc1nccn1CC(C)C)NCCC(OCC)C(C)C.I. The van der Waals surface area contributed by atoms with Gasteiger partial charge in [0, 0.05) is 38.6 Å². The molecule has 1 aromatic heterocycles. The third-order valence-corrected chi connectivity index (χ3v) is 3.93. The minimum Gasteiger partial charge on any atom is -0.378 e. The largest absolute Gasteiger partial charge is 0.378 e. The van der Waals surface area contributed by atoms with E-state index in [1.165, 1.54) is 0 Å². The lowest BCUT2D eigenvalue weighted by molar-refractivity contribution is 0.0258. The van der Waals surface area contributed by atoms with Crippen molar-refractivity contribution in [3.63, 3.8) is 0 Å². The van der Waals surface area contributed by atoms with Crippen molar-refractivity contribution in [1.82, 2.24) is 20.2 Å². The smallest absolute Gasteiger partial charge is 0.191 e. The predicted molar refractivity (Wildman–Crippen MR) is 120 cm³/mol. The predicted octanol–water partition coefficient (Wildman–Crippen LogP) is 3.66. The van der Waals surface area contributed by atoms with Crippen LogP contribution in [0.3, 0.4) is 0 Å². The Bertz CT molecular complexity index is 502. The fraction of sp³-hybridized carbons (Fsp3) is 0.789. The molecule has 1 atom stereocenters. The molecule has 0 fully saturated rings. The molecule has 0 aromatic carbocycles. The molecule has 0 saturated carbocycles. The van der Waals surface area contributed by atoms with Gasteiger partial charge in [-0.2, -0.15) is 0 Å². The molecule has 1 aromatic rings. The molecule has 0 saturated heterocycles. The summed E-state index contributed by atoms with van der Waals surface area (Å²) in [5, 5.41) is 6.71. The van der Waals surface area contributed by atoms with E-state index in [2.05, 4.69) is 59.8 Å². The summed E-state index contributed by atoms with van der Waals surface area (Å²) in [6, 6.07) is 0. The summed E-state index contributed by atoms with van der Waals surface area (Å²) in [6.45, 7) is 16.9. The van der Waals surface area contributed by atoms with Crippen LogP contribution in [0.4, 0.5) is 0 Å². The molecule has 1 heterocycles. The van der Waals surface area contributed by atoms with Crippen LogP contribution in [0.25, 0.3) is 0 Å². The molecule has 0 spiro atoms. The third kappa shape index (κ3) is 9.75. The van der Waals surface area contributed by atoms with Crippen molar-refractivity contribution in [1.29, 1.82) is 0 Å². The van der Waals surface area contributed by atoms with Gasteiger partial charge in [0.05, 0.1) is 6.10 Å². The van der Waals surface area contributed by atoms with E-state index in [4.69, 9.17) is 4.74 Å². The quantitative estimate of drug-likeness (QED) is 0.289. The van der Waals surface area contributed by atoms with E-state index in [1.807, 2.05) is 19.3 Å². The Morgan fingerprint density at radius 1 is 1.23 bits per heavy atom. The third-order valence-electron chi connectivity index (χ3n) is 3.93. The monoisotopic (exact) mass is 479 g/mol. The summed E-state index contributed by atoms with van der Waals surface area (Å²) in [7, 11) is 0. The lowest BCUT2D eigenvalue weighted by Crippen LogP contribution is -2.39. The molecule has 7 heteroatoms. The molecular weight excluding hydrogens is 441 g/mol. The number of imidazole rings is 1. The first-order valence-corrected chi connectivity index (χ1v) is 9.61. The summed E-state index contributed by atoms with van der Waals surface area (Å²) in [4.78, 5) is 9.12. The van der Waals surface area contributed by atoms with Crippen LogP contribution >= 0.6 is 24.0 Å². The number of nitrogens with one attached hydrogen (secondary N) is 2. The van der Waals surface area contributed by atoms with Gasteiger partial charge >= 0.3 is 0 Å². The summed E-state index contributed by atoms with van der Waals surface area (Å²) in [5.41, 5.74) is 0. The van der Waals surface area contributed by atoms with Crippen LogP contribution in [-0.2, 0) is 17.8 Å². The normalized spacial score (nSPS) is 13.0. The van der Waals surface area contributed by atoms with Crippen molar-refractivity contribution in [3.8, 4) is 0 Å². The second-order valence-corrected chi connectivity index (χ2v) is 7.04. The zero-order valence-electron chi connectivity index (χ0n) is 17.3. The van der Waals surface area contributed by atoms with E-state index in [0.29, 0.717) is 18.4 Å². The molecule has 6 nitrogen and oxygen atoms in total. The first-order chi connectivity index (χ1) is 12.0. The Labute approximate surface area is 176 Å². The molecule has 1 unspecified atom stereocenters. The lowest BCUT2D eigenvalue weighted by Gasteiger charge is -2.21. The highest BCUT2D eigenvalue weighted by molar-refractivity contribution is 14.0. The molecule has 0 aliphatic heterocycles. The van der Waals surface area contributed by atoms with Gasteiger partial charge in [0.25, 0.3) is 0 Å². The van der Waals surface area contributed by atoms with Crippen LogP contribution in [0.15, 0.2) is 17.4 Å². The molecule has 0 radical (unpaired) electrons. The van der Waals surface area contributed by atoms with E-state index in [1.54, 1.807) is 0 Å². The summed E-state index contributed by atoms with van der Waals surface area (Å²) >= 11 is 0. The van der Waals surface area contributed by atoms with E-state index in [0.717, 1.165) is 44.4 Å². The molecule has 26 heavy (non-hydrogen) atoms. The number of ether oxygens (including phenoxy) is 1. The van der Waals surface area contributed by atoms with Crippen LogP contribution in [0.1, 0.15) is 53.8 Å². The first-order valence-electron chi connectivity index (χ1n) is 9.61. The van der Waals surface area contributed by atoms with Crippen molar-refractivity contribution < 1.29 is 4.74 Å². The molecule has 152 valence electrons. The average Bonchev–Trinajstić information content (AvgIpc) is 2.97. The summed E-state index contributed by atoms with van der Waals surface area (Å²) < 4.78 is 7.99. The molecule has 0 amide bonds. The lowest BCUT2D eigenvalue weighted by atomic mass is 10.0. The number of nitrogens with zero attached hydrogens (tertiary/aromatic N) is 3. The van der Waals surface area contributed by atoms with Crippen LogP contribution in [0, 0.1) is 11.8 Å². The summed E-state index contributed by atoms with van der Waals surface area (Å²) in [5.74, 6) is 2.94. The van der Waals surface area contributed by atoms with Crippen molar-refractivity contribution in [3.05, 3.63) is 18.2 Å². The Morgan fingerprint density at radius 3 is 2.54 bits per heavy atom. The summed E-state index contributed by atoms with van der Waals surface area (Å²) in [6.07, 6.45) is 5.13. The zero-order valence-corrected chi connectivity index (χ0v) is 19.6. The average molecular weight is 479 g/mol. The van der Waals surface area contributed by atoms with Crippen LogP contribution in [0.5, 0.6) is 0 Å². The fourth-order valence-corrected chi connectivity index (χ4v) is 2.70. The molecule has 2 N–H and O–H groups in total. The Balaban J connectivity index is 0.00000625. The minimum absolute atomic E-state index is 0. The minimum atomic E-state index is 0. The highest BCUT2D eigenvalue weighted by atomic mass is 127. The molecule has 0 bridgehead atoms. The number of rotatable bonds is 11. The van der Waals surface area contributed by atoms with Gasteiger partial charge in [-0.1, -0.05) is 27.7 Å². The van der Waals surface area contributed by atoms with Gasteiger partial charge in [0.1, 0.15) is 12.4 Å². The maximum Gasteiger partial charge on any atom is 0.191 e. The Morgan fingerprint density at radius 2 is 1.96 bits per heavy atom. The van der Waals surface area contributed by atoms with Gasteiger partial charge in [-0.3, -0.25) is 0 Å². The maximum absolute atomic E-state index is 5.80. The molecule has 0 aliphatic rings. The van der Waals surface area contributed by atoms with Gasteiger partial charge in [-0.25, -0.2) is 9.98 Å². The van der Waals surface area contributed by atoms with Gasteiger partial charge < -0.3 is 19.9 Å². The fourth-order valence-electron chi connectivity index (χ4n) is 2.70. The van der Waals surface area contributed by atoms with E-state index in [-0.39, 0.29) is 30.1 Å². The Hall–Kier alpha value is -0.830. The highest BCUT2D eigenvalue weighted by Gasteiger charge is 2.13. The van der Waals surface area contributed by atoms with Crippen LogP contribution in [0.2, 0.25) is 0 Å². The zero-order chi connectivity index (χ0) is 18.7. The van der Waals surface area contributed by atoms with Gasteiger partial charge in [-0.05, 0) is 32.1 Å². The van der Waals surface area contributed by atoms with Gasteiger partial charge in [-0.15, -0.1) is 24.0 Å². The van der Waals surface area contributed by atoms with Gasteiger partial charge in [0.15, 0.2) is 5.96 Å². The highest BCUT2D eigenvalue weighted by Crippen LogP contribution is 2.10. The number of halogens is 1. The second-order valence-electron chi connectivity index (χ2n) is 7.04. The second kappa shape index (κ2) is 14.3. The molecule has 1 rings (SSSR count). The van der Waals surface area contributed by atoms with Crippen molar-refractivity contribution in [2.45, 2.75) is 67.2 Å². The van der Waals surface area contributed by atoms with E-state index < -0.39 is 0 Å². The Kier molecular flexibility index (Phi) is 13.8.